The van der Waals surface area contributed by atoms with Crippen LogP contribution in [0.2, 0.25) is 0 Å². The summed E-state index contributed by atoms with van der Waals surface area (Å²) in [6.07, 6.45) is 0.301. The minimum atomic E-state index is -0.603. The number of hydrogen-bond acceptors (Lipinski definition) is 3. The molecular weight excluding hydrogens is 270 g/mol. The third-order valence-electron chi connectivity index (χ3n) is 2.94. The van der Waals surface area contributed by atoms with Crippen LogP contribution in [-0.4, -0.2) is 29.6 Å². The second-order valence-corrected chi connectivity index (χ2v) is 4.91. The van der Waals surface area contributed by atoms with Gasteiger partial charge in [-0.25, -0.2) is 4.79 Å². The van der Waals surface area contributed by atoms with Crippen molar-refractivity contribution in [3.05, 3.63) is 29.8 Å². The highest BCUT2D eigenvalue weighted by molar-refractivity contribution is 5.93. The summed E-state index contributed by atoms with van der Waals surface area (Å²) in [4.78, 5) is 23.4. The number of aliphatic hydroxyl groups is 1. The zero-order chi connectivity index (χ0) is 15.8. The average molecular weight is 293 g/mol. The molecule has 2 unspecified atom stereocenters. The monoisotopic (exact) mass is 293 g/mol. The number of carbonyl (C=O) groups is 2. The van der Waals surface area contributed by atoms with Crippen molar-refractivity contribution in [2.75, 3.05) is 11.9 Å². The van der Waals surface area contributed by atoms with Gasteiger partial charge >= 0.3 is 6.03 Å². The van der Waals surface area contributed by atoms with Gasteiger partial charge < -0.3 is 21.1 Å². The molecule has 0 aromatic heterocycles. The largest absolute Gasteiger partial charge is 0.389 e. The van der Waals surface area contributed by atoms with E-state index >= 15 is 0 Å². The normalized spacial score (nSPS) is 13.1. The quantitative estimate of drug-likeness (QED) is 0.644. The minimum absolute atomic E-state index is 0.212. The number of nitrogens with one attached hydrogen (secondary N) is 3. The van der Waals surface area contributed by atoms with Gasteiger partial charge in [-0.1, -0.05) is 19.1 Å². The summed E-state index contributed by atoms with van der Waals surface area (Å²) in [5, 5.41) is 17.3. The molecule has 0 heterocycles. The fourth-order valence-electron chi connectivity index (χ4n) is 1.68. The van der Waals surface area contributed by atoms with Crippen molar-refractivity contribution in [1.29, 1.82) is 0 Å². The highest BCUT2D eigenvalue weighted by atomic mass is 16.3. The Balaban J connectivity index is 2.47. The Kier molecular flexibility index (Phi) is 6.68. The molecule has 0 aliphatic heterocycles. The van der Waals surface area contributed by atoms with Crippen LogP contribution in [0.4, 0.5) is 10.5 Å². The van der Waals surface area contributed by atoms with Gasteiger partial charge in [0, 0.05) is 12.2 Å². The molecule has 0 spiro atoms. The summed E-state index contributed by atoms with van der Waals surface area (Å²) < 4.78 is 0. The van der Waals surface area contributed by atoms with E-state index in [4.69, 9.17) is 0 Å². The number of urea groups is 1. The first kappa shape index (κ1) is 17.0. The molecule has 0 saturated heterocycles. The van der Waals surface area contributed by atoms with E-state index in [1.807, 2.05) is 6.92 Å². The first-order valence-corrected chi connectivity index (χ1v) is 7.07. The molecule has 1 aromatic rings. The first-order chi connectivity index (χ1) is 9.93. The molecule has 4 N–H and O–H groups in total. The Morgan fingerprint density at radius 2 is 1.81 bits per heavy atom. The van der Waals surface area contributed by atoms with Gasteiger partial charge in [-0.15, -0.1) is 0 Å². The molecule has 0 radical (unpaired) electrons. The van der Waals surface area contributed by atoms with Gasteiger partial charge in [-0.3, -0.25) is 4.79 Å². The zero-order valence-corrected chi connectivity index (χ0v) is 12.6. The van der Waals surface area contributed by atoms with Gasteiger partial charge in [0.2, 0.25) is 5.91 Å². The van der Waals surface area contributed by atoms with E-state index in [2.05, 4.69) is 16.0 Å². The van der Waals surface area contributed by atoms with E-state index < -0.39 is 18.2 Å². The number of carbonyl (C=O) groups excluding carboxylic acids is 2. The van der Waals surface area contributed by atoms with E-state index in [0.717, 1.165) is 12.0 Å². The zero-order valence-electron chi connectivity index (χ0n) is 12.6. The lowest BCUT2D eigenvalue weighted by Crippen LogP contribution is -2.46. The smallest absolute Gasteiger partial charge is 0.319 e. The Labute approximate surface area is 124 Å². The number of benzene rings is 1. The van der Waals surface area contributed by atoms with Crippen LogP contribution in [0.1, 0.15) is 38.9 Å². The van der Waals surface area contributed by atoms with Gasteiger partial charge in [0.1, 0.15) is 6.04 Å². The van der Waals surface area contributed by atoms with Crippen LogP contribution in [0.3, 0.4) is 0 Å². The second kappa shape index (κ2) is 8.26. The molecule has 0 fully saturated rings. The Morgan fingerprint density at radius 1 is 1.19 bits per heavy atom. The molecule has 3 amide bonds. The number of aliphatic hydroxyl groups excluding tert-OH is 1. The highest BCUT2D eigenvalue weighted by Gasteiger charge is 2.14. The van der Waals surface area contributed by atoms with E-state index in [1.54, 1.807) is 38.1 Å². The molecule has 0 saturated carbocycles. The summed E-state index contributed by atoms with van der Waals surface area (Å²) in [5.41, 5.74) is 1.37. The SMILES string of the molecule is CCCNC(=O)C(C)NC(=O)Nc1ccc(C(C)O)cc1. The lowest BCUT2D eigenvalue weighted by atomic mass is 10.1. The fourth-order valence-corrected chi connectivity index (χ4v) is 1.68. The van der Waals surface area contributed by atoms with Crippen molar-refractivity contribution in [1.82, 2.24) is 10.6 Å². The van der Waals surface area contributed by atoms with Crippen LogP contribution in [-0.2, 0) is 4.79 Å². The molecule has 2 atom stereocenters. The summed E-state index contributed by atoms with van der Waals surface area (Å²) in [6, 6.07) is 5.81. The average Bonchev–Trinajstić information content (AvgIpc) is 2.45. The maximum atomic E-state index is 11.8. The van der Waals surface area contributed by atoms with Crippen LogP contribution < -0.4 is 16.0 Å². The molecule has 0 aliphatic rings. The molecular formula is C15H23N3O3. The molecule has 1 aromatic carbocycles. The standard InChI is InChI=1S/C15H23N3O3/c1-4-9-16-14(20)10(2)17-15(21)18-13-7-5-12(6-8-13)11(3)19/h5-8,10-11,19H,4,9H2,1-3H3,(H,16,20)(H2,17,18,21). The van der Waals surface area contributed by atoms with Gasteiger partial charge in [0.25, 0.3) is 0 Å². The van der Waals surface area contributed by atoms with Crippen molar-refractivity contribution in [2.45, 2.75) is 39.3 Å². The predicted octanol–water partition coefficient (Wildman–Crippen LogP) is 1.78. The van der Waals surface area contributed by atoms with E-state index in [0.29, 0.717) is 12.2 Å². The number of anilines is 1. The topological polar surface area (TPSA) is 90.5 Å². The van der Waals surface area contributed by atoms with E-state index in [9.17, 15) is 14.7 Å². The molecule has 116 valence electrons. The number of rotatable bonds is 6. The van der Waals surface area contributed by atoms with Crippen LogP contribution in [0.25, 0.3) is 0 Å². The Bertz CT molecular complexity index is 472. The maximum Gasteiger partial charge on any atom is 0.319 e. The molecule has 1 rings (SSSR count). The highest BCUT2D eigenvalue weighted by Crippen LogP contribution is 2.15. The Hall–Kier alpha value is -2.08. The van der Waals surface area contributed by atoms with E-state index in [1.165, 1.54) is 0 Å². The molecule has 0 bridgehead atoms. The number of hydrogen-bond donors (Lipinski definition) is 4. The van der Waals surface area contributed by atoms with Crippen molar-refractivity contribution in [3.8, 4) is 0 Å². The maximum absolute atomic E-state index is 11.8. The van der Waals surface area contributed by atoms with Gasteiger partial charge in [-0.05, 0) is 38.0 Å². The molecule has 6 heteroatoms. The third kappa shape index (κ3) is 5.83. The Morgan fingerprint density at radius 3 is 2.33 bits per heavy atom. The van der Waals surface area contributed by atoms with Crippen molar-refractivity contribution < 1.29 is 14.7 Å². The van der Waals surface area contributed by atoms with Gasteiger partial charge in [-0.2, -0.15) is 0 Å². The lowest BCUT2D eigenvalue weighted by molar-refractivity contribution is -0.122. The summed E-state index contributed by atoms with van der Waals surface area (Å²) >= 11 is 0. The summed E-state index contributed by atoms with van der Waals surface area (Å²) in [6.45, 7) is 5.85. The lowest BCUT2D eigenvalue weighted by Gasteiger charge is -2.14. The second-order valence-electron chi connectivity index (χ2n) is 4.91. The van der Waals surface area contributed by atoms with Gasteiger partial charge in [0.15, 0.2) is 0 Å². The molecule has 21 heavy (non-hydrogen) atoms. The molecule has 0 aliphatic carbocycles. The summed E-state index contributed by atoms with van der Waals surface area (Å²) in [7, 11) is 0. The minimum Gasteiger partial charge on any atom is -0.389 e. The van der Waals surface area contributed by atoms with Crippen molar-refractivity contribution in [2.24, 2.45) is 0 Å². The van der Waals surface area contributed by atoms with Gasteiger partial charge in [0.05, 0.1) is 6.10 Å². The fraction of sp³-hybridized carbons (Fsp3) is 0.467. The third-order valence-corrected chi connectivity index (χ3v) is 2.94. The first-order valence-electron chi connectivity index (χ1n) is 7.07. The summed E-state index contributed by atoms with van der Waals surface area (Å²) in [5.74, 6) is -0.212. The van der Waals surface area contributed by atoms with Crippen LogP contribution in [0.5, 0.6) is 0 Å². The van der Waals surface area contributed by atoms with Crippen molar-refractivity contribution in [3.63, 3.8) is 0 Å². The van der Waals surface area contributed by atoms with Crippen molar-refractivity contribution >= 4 is 17.6 Å². The number of amides is 3. The predicted molar refractivity (Wildman–Crippen MR) is 82.0 cm³/mol. The van der Waals surface area contributed by atoms with E-state index in [-0.39, 0.29) is 5.91 Å². The molecule has 6 nitrogen and oxygen atoms in total. The van der Waals surface area contributed by atoms with Crippen LogP contribution in [0, 0.1) is 0 Å². The van der Waals surface area contributed by atoms with Crippen LogP contribution in [0.15, 0.2) is 24.3 Å². The van der Waals surface area contributed by atoms with Crippen LogP contribution >= 0.6 is 0 Å².